The molecule has 2 atom stereocenters. The number of benzene rings is 2. The van der Waals surface area contributed by atoms with Crippen LogP contribution in [0.2, 0.25) is 0 Å². The molecule has 0 spiro atoms. The molecule has 29 heavy (non-hydrogen) atoms. The first-order valence-corrected chi connectivity index (χ1v) is 10.6. The number of nitrogens with zero attached hydrogens (tertiary/aromatic N) is 1. The topological polar surface area (TPSA) is 49.8 Å². The molecular weight excluding hydrogens is 437 g/mol. The van der Waals surface area contributed by atoms with Crippen LogP contribution >= 0.6 is 15.9 Å². The van der Waals surface area contributed by atoms with Gasteiger partial charge >= 0.3 is 6.09 Å². The third kappa shape index (κ3) is 4.81. The number of amides is 1. The maximum atomic E-state index is 13.5. The van der Waals surface area contributed by atoms with Crippen molar-refractivity contribution in [1.82, 2.24) is 4.90 Å². The lowest BCUT2D eigenvalue weighted by Gasteiger charge is -2.46. The maximum absolute atomic E-state index is 13.5. The van der Waals surface area contributed by atoms with E-state index >= 15 is 0 Å². The first-order valence-electron chi connectivity index (χ1n) is 9.78. The molecule has 1 fully saturated rings. The van der Waals surface area contributed by atoms with Crippen molar-refractivity contribution in [3.63, 3.8) is 0 Å². The molecule has 1 amide bonds. The van der Waals surface area contributed by atoms with E-state index in [1.54, 1.807) is 17.0 Å². The Morgan fingerprint density at radius 3 is 2.38 bits per heavy atom. The number of hydrogen-bond donors (Lipinski definition) is 1. The average Bonchev–Trinajstić information content (AvgIpc) is 2.68. The van der Waals surface area contributed by atoms with Crippen LogP contribution in [0.4, 0.5) is 9.18 Å². The molecule has 0 radical (unpaired) electrons. The van der Waals surface area contributed by atoms with Gasteiger partial charge in [-0.25, -0.2) is 9.18 Å². The molecule has 0 saturated carbocycles. The van der Waals surface area contributed by atoms with Crippen molar-refractivity contribution in [2.75, 3.05) is 13.2 Å². The average molecular weight is 464 g/mol. The predicted octanol–water partition coefficient (Wildman–Crippen LogP) is 5.80. The van der Waals surface area contributed by atoms with Crippen molar-refractivity contribution in [2.45, 2.75) is 45.3 Å². The summed E-state index contributed by atoms with van der Waals surface area (Å²) in [6, 6.07) is 13.8. The summed E-state index contributed by atoms with van der Waals surface area (Å²) in [5.74, 6) is -0.335. The summed E-state index contributed by atoms with van der Waals surface area (Å²) in [5, 5.41) is 9.79. The number of aliphatic hydroxyl groups excluding tert-OH is 1. The van der Waals surface area contributed by atoms with Gasteiger partial charge in [-0.2, -0.15) is 0 Å². The fourth-order valence-corrected chi connectivity index (χ4v) is 4.22. The summed E-state index contributed by atoms with van der Waals surface area (Å²) < 4.78 is 20.5. The van der Waals surface area contributed by atoms with Crippen LogP contribution in [0.25, 0.3) is 0 Å². The Balaban J connectivity index is 1.88. The van der Waals surface area contributed by atoms with E-state index in [1.165, 1.54) is 12.1 Å². The van der Waals surface area contributed by atoms with E-state index in [0.29, 0.717) is 19.4 Å². The van der Waals surface area contributed by atoms with Crippen LogP contribution in [0.5, 0.6) is 0 Å². The predicted molar refractivity (Wildman–Crippen MR) is 114 cm³/mol. The van der Waals surface area contributed by atoms with Crippen molar-refractivity contribution in [3.05, 3.63) is 69.9 Å². The molecule has 4 nitrogen and oxygen atoms in total. The minimum absolute atomic E-state index is 0.0352. The summed E-state index contributed by atoms with van der Waals surface area (Å²) in [7, 11) is 0. The Labute approximate surface area is 179 Å². The van der Waals surface area contributed by atoms with Crippen LogP contribution in [0, 0.1) is 11.2 Å². The molecule has 0 bridgehead atoms. The van der Waals surface area contributed by atoms with Gasteiger partial charge < -0.3 is 14.7 Å². The molecule has 2 aromatic carbocycles. The van der Waals surface area contributed by atoms with Crippen LogP contribution in [-0.4, -0.2) is 29.3 Å². The van der Waals surface area contributed by atoms with Gasteiger partial charge in [-0.1, -0.05) is 54.0 Å². The van der Waals surface area contributed by atoms with Gasteiger partial charge in [-0.05, 0) is 54.2 Å². The van der Waals surface area contributed by atoms with Gasteiger partial charge in [0.05, 0.1) is 6.04 Å². The summed E-state index contributed by atoms with van der Waals surface area (Å²) in [4.78, 5) is 14.8. The van der Waals surface area contributed by atoms with Gasteiger partial charge in [0.25, 0.3) is 0 Å². The quantitative estimate of drug-likeness (QED) is 0.588. The molecule has 1 heterocycles. The summed E-state index contributed by atoms with van der Waals surface area (Å²) in [6.45, 7) is 6.32. The lowest BCUT2D eigenvalue weighted by Crippen LogP contribution is -2.50. The fourth-order valence-electron chi connectivity index (χ4n) is 3.95. The van der Waals surface area contributed by atoms with E-state index in [0.717, 1.165) is 15.6 Å². The lowest BCUT2D eigenvalue weighted by atomic mass is 9.75. The summed E-state index contributed by atoms with van der Waals surface area (Å²) in [6.07, 6.45) is 0.619. The molecule has 1 aliphatic rings. The van der Waals surface area contributed by atoms with Crippen LogP contribution in [0.15, 0.2) is 53.0 Å². The van der Waals surface area contributed by atoms with Gasteiger partial charge in [-0.3, -0.25) is 0 Å². The highest BCUT2D eigenvalue weighted by molar-refractivity contribution is 9.10. The van der Waals surface area contributed by atoms with Crippen molar-refractivity contribution in [3.8, 4) is 0 Å². The number of cyclic esters (lactones) is 1. The summed E-state index contributed by atoms with van der Waals surface area (Å²) >= 11 is 3.43. The number of aliphatic hydroxyl groups is 1. The smallest absolute Gasteiger partial charge is 0.411 e. The minimum atomic E-state index is -0.896. The maximum Gasteiger partial charge on any atom is 0.411 e. The van der Waals surface area contributed by atoms with E-state index in [2.05, 4.69) is 15.9 Å². The van der Waals surface area contributed by atoms with Crippen molar-refractivity contribution in [2.24, 2.45) is 5.41 Å². The molecule has 1 saturated heterocycles. The van der Waals surface area contributed by atoms with E-state index in [9.17, 15) is 14.3 Å². The molecule has 1 aliphatic heterocycles. The molecule has 0 aromatic heterocycles. The zero-order valence-corrected chi connectivity index (χ0v) is 18.6. The summed E-state index contributed by atoms with van der Waals surface area (Å²) in [5.41, 5.74) is 0.432. The molecule has 2 aromatic rings. The highest BCUT2D eigenvalue weighted by Crippen LogP contribution is 2.44. The number of carbonyl (C=O) groups is 1. The third-order valence-electron chi connectivity index (χ3n) is 5.66. The molecular formula is C23H27BrFNO3. The molecule has 156 valence electrons. The first-order chi connectivity index (χ1) is 13.7. The Kier molecular flexibility index (Phi) is 6.34. The second-order valence-corrected chi connectivity index (χ2v) is 9.45. The van der Waals surface area contributed by atoms with Crippen molar-refractivity contribution < 1.29 is 19.0 Å². The van der Waals surface area contributed by atoms with Gasteiger partial charge in [0, 0.05) is 24.0 Å². The Morgan fingerprint density at radius 1 is 1.21 bits per heavy atom. The number of carbonyl (C=O) groups excluding carboxylic acids is 1. The monoisotopic (exact) mass is 463 g/mol. The number of hydrogen-bond acceptors (Lipinski definition) is 3. The minimum Gasteiger partial charge on any atom is -0.438 e. The Morgan fingerprint density at radius 2 is 1.83 bits per heavy atom. The lowest BCUT2D eigenvalue weighted by molar-refractivity contribution is -0.0881. The normalized spacial score (nSPS) is 21.0. The van der Waals surface area contributed by atoms with E-state index in [-0.39, 0.29) is 18.5 Å². The standard InChI is InChI=1S/C23H27BrFNO3/c1-16(17-4-8-19(24)9-5-17)26-13-12-23(29-21(26)28,14-22(2,3)15-27)18-6-10-20(25)11-7-18/h4-11,16,27H,12-15H2,1-3H3/t16-,23?/m0/s1. The SMILES string of the molecule is C[C@@H](c1ccc(Br)cc1)N1CCC(CC(C)(C)CO)(c2ccc(F)cc2)OC1=O. The van der Waals surface area contributed by atoms with E-state index < -0.39 is 17.1 Å². The molecule has 3 rings (SSSR count). The third-order valence-corrected chi connectivity index (χ3v) is 6.18. The van der Waals surface area contributed by atoms with Gasteiger partial charge in [0.15, 0.2) is 0 Å². The van der Waals surface area contributed by atoms with Gasteiger partial charge in [0.1, 0.15) is 11.4 Å². The molecule has 1 unspecified atom stereocenters. The largest absolute Gasteiger partial charge is 0.438 e. The highest BCUT2D eigenvalue weighted by atomic mass is 79.9. The number of halogens is 2. The van der Waals surface area contributed by atoms with Crippen LogP contribution < -0.4 is 0 Å². The van der Waals surface area contributed by atoms with Crippen LogP contribution in [0.3, 0.4) is 0 Å². The molecule has 0 aliphatic carbocycles. The second-order valence-electron chi connectivity index (χ2n) is 8.54. The Hall–Kier alpha value is -1.92. The van der Waals surface area contributed by atoms with Crippen LogP contribution in [-0.2, 0) is 10.3 Å². The zero-order chi connectivity index (χ0) is 21.2. The zero-order valence-electron chi connectivity index (χ0n) is 17.0. The van der Waals surface area contributed by atoms with E-state index in [4.69, 9.17) is 4.74 Å². The molecule has 1 N–H and O–H groups in total. The van der Waals surface area contributed by atoms with E-state index in [1.807, 2.05) is 45.0 Å². The number of rotatable bonds is 6. The van der Waals surface area contributed by atoms with Crippen LogP contribution in [0.1, 0.15) is 50.8 Å². The van der Waals surface area contributed by atoms with Crippen molar-refractivity contribution >= 4 is 22.0 Å². The second kappa shape index (κ2) is 8.44. The van der Waals surface area contributed by atoms with Gasteiger partial charge in [0.2, 0.25) is 0 Å². The number of ether oxygens (including phenoxy) is 1. The Bertz CT molecular complexity index is 853. The molecule has 6 heteroatoms. The van der Waals surface area contributed by atoms with Gasteiger partial charge in [-0.15, -0.1) is 0 Å². The fraction of sp³-hybridized carbons (Fsp3) is 0.435. The first kappa shape index (κ1) is 21.8. The van der Waals surface area contributed by atoms with Crippen molar-refractivity contribution in [1.29, 1.82) is 0 Å². The highest BCUT2D eigenvalue weighted by Gasteiger charge is 2.46.